The third kappa shape index (κ3) is 10.7. The molecule has 2 aliphatic rings. The summed E-state index contributed by atoms with van der Waals surface area (Å²) in [4.78, 5) is 56.5. The van der Waals surface area contributed by atoms with E-state index in [1.807, 2.05) is 7.05 Å². The van der Waals surface area contributed by atoms with Gasteiger partial charge in [0, 0.05) is 66.0 Å². The molecule has 0 bridgehead atoms. The van der Waals surface area contributed by atoms with Crippen molar-refractivity contribution in [1.82, 2.24) is 30.0 Å². The summed E-state index contributed by atoms with van der Waals surface area (Å²) in [6.45, 7) is 6.22. The van der Waals surface area contributed by atoms with Crippen LogP contribution in [0.25, 0.3) is 0 Å². The summed E-state index contributed by atoms with van der Waals surface area (Å²) < 4.78 is 24.8. The molecule has 2 atom stereocenters. The molecule has 0 aliphatic carbocycles. The first-order valence-corrected chi connectivity index (χ1v) is 12.7. The van der Waals surface area contributed by atoms with Crippen molar-refractivity contribution >= 4 is 47.0 Å². The second-order valence-corrected chi connectivity index (χ2v) is 9.46. The molecule has 220 valence electrons. The van der Waals surface area contributed by atoms with Crippen LogP contribution in [0.2, 0.25) is 0 Å². The average Bonchev–Trinajstić information content (AvgIpc) is 3.62. The van der Waals surface area contributed by atoms with Gasteiger partial charge in [-0.2, -0.15) is 8.78 Å². The van der Waals surface area contributed by atoms with Gasteiger partial charge in [-0.25, -0.2) is 9.97 Å². The Bertz CT molecular complexity index is 1140. The van der Waals surface area contributed by atoms with Crippen LogP contribution in [-0.4, -0.2) is 100.0 Å². The molecule has 0 aromatic carbocycles. The second-order valence-electron chi connectivity index (χ2n) is 9.11. The van der Waals surface area contributed by atoms with Gasteiger partial charge in [-0.3, -0.25) is 19.2 Å². The number of rotatable bonds is 4. The second kappa shape index (κ2) is 16.8. The van der Waals surface area contributed by atoms with E-state index in [2.05, 4.69) is 15.3 Å². The fourth-order valence-corrected chi connectivity index (χ4v) is 4.02. The summed E-state index contributed by atoms with van der Waals surface area (Å²) in [5.41, 5.74) is 0.565. The monoisotopic (exact) mass is 602 g/mol. The number of hydrogen-bond donors (Lipinski definition) is 1. The van der Waals surface area contributed by atoms with Gasteiger partial charge in [-0.15, -0.1) is 12.4 Å². The van der Waals surface area contributed by atoms with Crippen LogP contribution in [0.3, 0.4) is 0 Å². The predicted molar refractivity (Wildman–Crippen MR) is 148 cm³/mol. The lowest BCUT2D eigenvalue weighted by Gasteiger charge is -2.23. The third-order valence-electron chi connectivity index (χ3n) is 6.50. The van der Waals surface area contributed by atoms with Crippen LogP contribution in [-0.2, 0) is 9.59 Å². The number of pyridine rings is 2. The highest BCUT2D eigenvalue weighted by atomic mass is 35.5. The Balaban J connectivity index is 0.000000324. The molecule has 2 aromatic heterocycles. The normalized spacial score (nSPS) is 17.3. The highest BCUT2D eigenvalue weighted by molar-refractivity contribution is 6.67. The van der Waals surface area contributed by atoms with Crippen LogP contribution >= 0.6 is 24.0 Å². The summed E-state index contributed by atoms with van der Waals surface area (Å²) >= 11 is 5.05. The van der Waals surface area contributed by atoms with Gasteiger partial charge < -0.3 is 20.0 Å². The Hall–Kier alpha value is -3.22. The summed E-state index contributed by atoms with van der Waals surface area (Å²) in [6.07, 6.45) is 4.18. The quantitative estimate of drug-likeness (QED) is 0.422. The minimum atomic E-state index is -0.632. The average molecular weight is 603 g/mol. The van der Waals surface area contributed by atoms with Gasteiger partial charge >= 0.3 is 0 Å². The number of nitrogens with zero attached hydrogens (tertiary/aromatic N) is 5. The number of carbonyl (C=O) groups is 4. The smallest absolute Gasteiger partial charge is 0.255 e. The van der Waals surface area contributed by atoms with Crippen LogP contribution in [0.5, 0.6) is 0 Å². The van der Waals surface area contributed by atoms with Gasteiger partial charge in [0.15, 0.2) is 0 Å². The first-order valence-electron chi connectivity index (χ1n) is 12.3. The Morgan fingerprint density at radius 2 is 1.43 bits per heavy atom. The minimum Gasteiger partial charge on any atom is -0.342 e. The Labute approximate surface area is 243 Å². The SMILES string of the molecule is CC(=O)N(C)[C@H]1CCN(C(=O)c2ccc(F)nc2)C1.CC(=O)N(C)[C@H]1CCNC1.Cl.O=C(Cl)c1ccc(F)nc1. The van der Waals surface area contributed by atoms with Gasteiger partial charge in [0.1, 0.15) is 0 Å². The zero-order valence-electron chi connectivity index (χ0n) is 22.8. The first kappa shape index (κ1) is 34.8. The maximum atomic E-state index is 12.7. The van der Waals surface area contributed by atoms with Crippen LogP contribution in [0.15, 0.2) is 36.7 Å². The molecule has 2 aromatic rings. The summed E-state index contributed by atoms with van der Waals surface area (Å²) in [5, 5.41) is 2.58. The summed E-state index contributed by atoms with van der Waals surface area (Å²) in [7, 11) is 3.60. The van der Waals surface area contributed by atoms with E-state index in [-0.39, 0.29) is 41.7 Å². The van der Waals surface area contributed by atoms with Crippen molar-refractivity contribution in [3.63, 3.8) is 0 Å². The van der Waals surface area contributed by atoms with E-state index in [1.54, 1.807) is 28.7 Å². The van der Waals surface area contributed by atoms with Gasteiger partial charge in [0.25, 0.3) is 11.1 Å². The van der Waals surface area contributed by atoms with Crippen LogP contribution in [0.4, 0.5) is 8.78 Å². The lowest BCUT2D eigenvalue weighted by molar-refractivity contribution is -0.130. The van der Waals surface area contributed by atoms with Crippen molar-refractivity contribution in [3.05, 3.63) is 59.7 Å². The highest BCUT2D eigenvalue weighted by Gasteiger charge is 2.30. The Morgan fingerprint density at radius 1 is 0.900 bits per heavy atom. The summed E-state index contributed by atoms with van der Waals surface area (Å²) in [5.74, 6) is -1.25. The Morgan fingerprint density at radius 3 is 1.85 bits per heavy atom. The van der Waals surface area contributed by atoms with Crippen LogP contribution in [0, 0.1) is 11.9 Å². The molecule has 2 fully saturated rings. The van der Waals surface area contributed by atoms with Crippen molar-refractivity contribution in [2.24, 2.45) is 0 Å². The standard InChI is InChI=1S/C13H16FN3O2.C7H14N2O.C6H3ClFNO.ClH/c1-9(18)16(2)11-5-6-17(8-11)13(19)10-3-4-12(14)15-7-10;1-6(10)9(2)7-3-4-8-5-7;7-6(10)4-1-2-5(8)9-3-4;/h3-4,7,11H,5-6,8H2,1-2H3;7-8H,3-5H2,1-2H3;1-3H;1H/t11-;7-;;/m00../s1. The number of halogens is 4. The van der Waals surface area contributed by atoms with Gasteiger partial charge in [0.05, 0.1) is 17.2 Å². The zero-order valence-corrected chi connectivity index (χ0v) is 24.3. The number of nitrogens with one attached hydrogen (secondary N) is 1. The first-order chi connectivity index (χ1) is 18.4. The minimum absolute atomic E-state index is 0. The molecule has 0 radical (unpaired) electrons. The van der Waals surface area contributed by atoms with Gasteiger partial charge in [-0.1, -0.05) is 0 Å². The molecular weight excluding hydrogens is 569 g/mol. The number of amides is 3. The molecule has 0 unspecified atom stereocenters. The molecule has 0 saturated carbocycles. The van der Waals surface area contributed by atoms with Crippen molar-refractivity contribution in [2.45, 2.75) is 38.8 Å². The van der Waals surface area contributed by atoms with E-state index in [4.69, 9.17) is 11.6 Å². The molecule has 4 rings (SSSR count). The largest absolute Gasteiger partial charge is 0.342 e. The summed E-state index contributed by atoms with van der Waals surface area (Å²) in [6, 6.07) is 5.43. The number of likely N-dealkylation sites (N-methyl/N-ethyl adjacent to an activating group) is 2. The topological polar surface area (TPSA) is 116 Å². The van der Waals surface area contributed by atoms with E-state index in [0.29, 0.717) is 24.7 Å². The maximum Gasteiger partial charge on any atom is 0.255 e. The number of hydrogen-bond acceptors (Lipinski definition) is 7. The van der Waals surface area contributed by atoms with Crippen LogP contribution < -0.4 is 5.32 Å². The molecule has 2 aliphatic heterocycles. The third-order valence-corrected chi connectivity index (χ3v) is 6.72. The number of carbonyl (C=O) groups excluding carboxylic acids is 4. The van der Waals surface area contributed by atoms with E-state index >= 15 is 0 Å². The lowest BCUT2D eigenvalue weighted by Crippen LogP contribution is -2.38. The van der Waals surface area contributed by atoms with Crippen molar-refractivity contribution in [3.8, 4) is 0 Å². The molecule has 40 heavy (non-hydrogen) atoms. The Kier molecular flexibility index (Phi) is 14.6. The fourth-order valence-electron chi connectivity index (χ4n) is 3.90. The number of aromatic nitrogens is 2. The fraction of sp³-hybridized carbons (Fsp3) is 0.462. The zero-order chi connectivity index (χ0) is 29.1. The van der Waals surface area contributed by atoms with Crippen LogP contribution in [0.1, 0.15) is 47.4 Å². The van der Waals surface area contributed by atoms with Crippen molar-refractivity contribution < 1.29 is 28.0 Å². The molecule has 2 saturated heterocycles. The number of likely N-dealkylation sites (tertiary alicyclic amines) is 1. The molecule has 10 nitrogen and oxygen atoms in total. The van der Waals surface area contributed by atoms with E-state index in [1.165, 1.54) is 31.3 Å². The predicted octanol–water partition coefficient (Wildman–Crippen LogP) is 2.76. The van der Waals surface area contributed by atoms with E-state index in [9.17, 15) is 28.0 Å². The van der Waals surface area contributed by atoms with E-state index < -0.39 is 17.1 Å². The molecule has 14 heteroatoms. The molecule has 1 N–H and O–H groups in total. The molecule has 0 spiro atoms. The van der Waals surface area contributed by atoms with Gasteiger partial charge in [-0.05, 0) is 55.3 Å². The highest BCUT2D eigenvalue weighted by Crippen LogP contribution is 2.17. The maximum absolute atomic E-state index is 12.7. The molecular formula is C26H34Cl2F2N6O4. The van der Waals surface area contributed by atoms with Gasteiger partial charge in [0.2, 0.25) is 23.7 Å². The van der Waals surface area contributed by atoms with Crippen molar-refractivity contribution in [2.75, 3.05) is 40.3 Å². The lowest BCUT2D eigenvalue weighted by atomic mass is 10.2. The van der Waals surface area contributed by atoms with E-state index in [0.717, 1.165) is 38.2 Å². The van der Waals surface area contributed by atoms with Crippen molar-refractivity contribution in [1.29, 1.82) is 0 Å². The molecule has 3 amide bonds. The molecule has 4 heterocycles.